The summed E-state index contributed by atoms with van der Waals surface area (Å²) in [5.41, 5.74) is 8.89. The first-order valence-corrected chi connectivity index (χ1v) is 6.35. The minimum Gasteiger partial charge on any atom is -0.465 e. The fourth-order valence-corrected chi connectivity index (χ4v) is 2.08. The number of benzene rings is 1. The molecule has 0 aromatic heterocycles. The second-order valence-electron chi connectivity index (χ2n) is 6.13. The molecule has 0 atom stereocenters. The lowest BCUT2D eigenvalue weighted by Gasteiger charge is -2.29. The van der Waals surface area contributed by atoms with Crippen molar-refractivity contribution in [2.75, 3.05) is 31.3 Å². The fourth-order valence-electron chi connectivity index (χ4n) is 2.08. The zero-order chi connectivity index (χ0) is 14.8. The van der Waals surface area contributed by atoms with Crippen LogP contribution in [-0.2, 0) is 4.74 Å². The van der Waals surface area contributed by atoms with Crippen LogP contribution in [0.3, 0.4) is 0 Å². The summed E-state index contributed by atoms with van der Waals surface area (Å²) in [6.45, 7) is 9.31. The Morgan fingerprint density at radius 2 is 1.95 bits per heavy atom. The average Bonchev–Trinajstić information content (AvgIpc) is 2.29. The van der Waals surface area contributed by atoms with Crippen molar-refractivity contribution in [2.45, 2.75) is 27.7 Å². The Morgan fingerprint density at radius 3 is 2.42 bits per heavy atom. The van der Waals surface area contributed by atoms with Crippen LogP contribution in [0.25, 0.3) is 0 Å². The number of nitrogens with two attached hydrogens (primary N) is 1. The Hall–Kier alpha value is -1.71. The minimum atomic E-state index is -0.397. The third-order valence-electron chi connectivity index (χ3n) is 2.93. The second kappa shape index (κ2) is 5.51. The van der Waals surface area contributed by atoms with E-state index in [-0.39, 0.29) is 5.41 Å². The maximum Gasteiger partial charge on any atom is 0.340 e. The van der Waals surface area contributed by atoms with Crippen molar-refractivity contribution in [3.63, 3.8) is 0 Å². The Bertz CT molecular complexity index is 476. The first-order valence-electron chi connectivity index (χ1n) is 6.35. The van der Waals surface area contributed by atoms with E-state index in [2.05, 4.69) is 25.7 Å². The van der Waals surface area contributed by atoms with Gasteiger partial charge in [-0.15, -0.1) is 0 Å². The molecule has 0 amide bonds. The zero-order valence-corrected chi connectivity index (χ0v) is 12.7. The highest BCUT2D eigenvalue weighted by molar-refractivity contribution is 5.97. The maximum atomic E-state index is 11.7. The van der Waals surface area contributed by atoms with Crippen LogP contribution in [0.4, 0.5) is 11.4 Å². The van der Waals surface area contributed by atoms with Gasteiger partial charge in [-0.05, 0) is 30.0 Å². The van der Waals surface area contributed by atoms with Crippen LogP contribution in [0.15, 0.2) is 12.1 Å². The van der Waals surface area contributed by atoms with Gasteiger partial charge in [0.15, 0.2) is 0 Å². The Morgan fingerprint density at radius 1 is 1.37 bits per heavy atom. The van der Waals surface area contributed by atoms with Crippen LogP contribution < -0.4 is 10.6 Å². The molecule has 0 aliphatic heterocycles. The standard InChI is InChI=1S/C15H24N2O2/c1-10-7-11(17(5)9-15(2,3)4)8-12(13(10)16)14(18)19-6/h7-8H,9,16H2,1-6H3. The molecule has 1 aromatic carbocycles. The summed E-state index contributed by atoms with van der Waals surface area (Å²) >= 11 is 0. The van der Waals surface area contributed by atoms with E-state index < -0.39 is 5.97 Å². The van der Waals surface area contributed by atoms with Gasteiger partial charge in [0.05, 0.1) is 12.7 Å². The predicted octanol–water partition coefficient (Wildman–Crippen LogP) is 2.85. The lowest BCUT2D eigenvalue weighted by atomic mass is 9.95. The highest BCUT2D eigenvalue weighted by Crippen LogP contribution is 2.27. The van der Waals surface area contributed by atoms with E-state index in [0.717, 1.165) is 17.8 Å². The normalized spacial score (nSPS) is 11.3. The number of nitrogens with zero attached hydrogens (tertiary/aromatic N) is 1. The third-order valence-corrected chi connectivity index (χ3v) is 2.93. The van der Waals surface area contributed by atoms with Crippen LogP contribution in [0.1, 0.15) is 36.7 Å². The van der Waals surface area contributed by atoms with Crippen LogP contribution in [0.2, 0.25) is 0 Å². The summed E-state index contributed by atoms with van der Waals surface area (Å²) < 4.78 is 4.77. The minimum absolute atomic E-state index is 0.176. The number of carbonyl (C=O) groups is 1. The maximum absolute atomic E-state index is 11.7. The number of methoxy groups -OCH3 is 1. The van der Waals surface area contributed by atoms with Crippen LogP contribution in [0, 0.1) is 12.3 Å². The molecule has 0 bridgehead atoms. The van der Waals surface area contributed by atoms with Gasteiger partial charge < -0.3 is 15.4 Å². The zero-order valence-electron chi connectivity index (χ0n) is 12.7. The number of anilines is 2. The molecule has 0 radical (unpaired) electrons. The van der Waals surface area contributed by atoms with Crippen molar-refractivity contribution in [1.82, 2.24) is 0 Å². The fraction of sp³-hybridized carbons (Fsp3) is 0.533. The van der Waals surface area contributed by atoms with E-state index in [1.807, 2.05) is 20.0 Å². The SMILES string of the molecule is COC(=O)c1cc(N(C)CC(C)(C)C)cc(C)c1N. The summed E-state index contributed by atoms with van der Waals surface area (Å²) in [6, 6.07) is 3.79. The van der Waals surface area contributed by atoms with Gasteiger partial charge in [-0.2, -0.15) is 0 Å². The smallest absolute Gasteiger partial charge is 0.340 e. The first-order chi connectivity index (χ1) is 8.65. The summed E-state index contributed by atoms with van der Waals surface area (Å²) in [4.78, 5) is 13.8. The number of hydrogen-bond acceptors (Lipinski definition) is 4. The van der Waals surface area contributed by atoms with Crippen LogP contribution >= 0.6 is 0 Å². The van der Waals surface area contributed by atoms with Gasteiger partial charge in [-0.1, -0.05) is 20.8 Å². The van der Waals surface area contributed by atoms with E-state index in [4.69, 9.17) is 10.5 Å². The molecule has 0 spiro atoms. The molecule has 19 heavy (non-hydrogen) atoms. The number of hydrogen-bond donors (Lipinski definition) is 1. The van der Waals surface area contributed by atoms with Crippen molar-refractivity contribution in [1.29, 1.82) is 0 Å². The molecule has 1 aromatic rings. The van der Waals surface area contributed by atoms with Crippen molar-refractivity contribution < 1.29 is 9.53 Å². The Labute approximate surface area is 115 Å². The lowest BCUT2D eigenvalue weighted by Crippen LogP contribution is -2.29. The number of carbonyl (C=O) groups excluding carboxylic acids is 1. The molecule has 0 saturated carbocycles. The molecule has 0 fully saturated rings. The largest absolute Gasteiger partial charge is 0.465 e. The lowest BCUT2D eigenvalue weighted by molar-refractivity contribution is 0.0602. The van der Waals surface area contributed by atoms with Crippen molar-refractivity contribution in [3.8, 4) is 0 Å². The molecule has 1 rings (SSSR count). The van der Waals surface area contributed by atoms with Gasteiger partial charge in [0, 0.05) is 25.0 Å². The Kier molecular flexibility index (Phi) is 4.45. The van der Waals surface area contributed by atoms with Gasteiger partial charge in [0.2, 0.25) is 0 Å². The van der Waals surface area contributed by atoms with Gasteiger partial charge in [0.1, 0.15) is 0 Å². The molecule has 0 unspecified atom stereocenters. The molecule has 106 valence electrons. The molecule has 0 heterocycles. The monoisotopic (exact) mass is 264 g/mol. The molecule has 0 aliphatic rings. The summed E-state index contributed by atoms with van der Waals surface area (Å²) in [5, 5.41) is 0. The third kappa shape index (κ3) is 3.88. The van der Waals surface area contributed by atoms with E-state index in [1.54, 1.807) is 6.07 Å². The molecular weight excluding hydrogens is 240 g/mol. The van der Waals surface area contributed by atoms with Crippen LogP contribution in [0.5, 0.6) is 0 Å². The topological polar surface area (TPSA) is 55.6 Å². The van der Waals surface area contributed by atoms with E-state index in [1.165, 1.54) is 7.11 Å². The highest BCUT2D eigenvalue weighted by Gasteiger charge is 2.18. The van der Waals surface area contributed by atoms with Crippen LogP contribution in [-0.4, -0.2) is 26.7 Å². The number of esters is 1. The number of ether oxygens (including phenoxy) is 1. The molecule has 2 N–H and O–H groups in total. The van der Waals surface area contributed by atoms with E-state index in [9.17, 15) is 4.79 Å². The van der Waals surface area contributed by atoms with Gasteiger partial charge >= 0.3 is 5.97 Å². The molecule has 4 nitrogen and oxygen atoms in total. The summed E-state index contributed by atoms with van der Waals surface area (Å²) in [7, 11) is 3.37. The number of nitrogen functional groups attached to an aromatic ring is 1. The number of aryl methyl sites for hydroxylation is 1. The quantitative estimate of drug-likeness (QED) is 0.673. The first kappa shape index (κ1) is 15.3. The van der Waals surface area contributed by atoms with Gasteiger partial charge in [-0.3, -0.25) is 0 Å². The average molecular weight is 264 g/mol. The highest BCUT2D eigenvalue weighted by atomic mass is 16.5. The van der Waals surface area contributed by atoms with Crippen molar-refractivity contribution in [3.05, 3.63) is 23.3 Å². The Balaban J connectivity index is 3.16. The molecule has 0 aliphatic carbocycles. The van der Waals surface area contributed by atoms with Gasteiger partial charge in [-0.25, -0.2) is 4.79 Å². The molecular formula is C15H24N2O2. The van der Waals surface area contributed by atoms with E-state index in [0.29, 0.717) is 11.3 Å². The second-order valence-corrected chi connectivity index (χ2v) is 6.13. The number of rotatable bonds is 3. The van der Waals surface area contributed by atoms with Crippen molar-refractivity contribution in [2.24, 2.45) is 5.41 Å². The predicted molar refractivity (Wildman–Crippen MR) is 79.7 cm³/mol. The summed E-state index contributed by atoms with van der Waals surface area (Å²) in [5.74, 6) is -0.397. The summed E-state index contributed by atoms with van der Waals surface area (Å²) in [6.07, 6.45) is 0. The molecule has 4 heteroatoms. The molecule has 0 saturated heterocycles. The van der Waals surface area contributed by atoms with E-state index >= 15 is 0 Å². The van der Waals surface area contributed by atoms with Gasteiger partial charge in [0.25, 0.3) is 0 Å². The van der Waals surface area contributed by atoms with Crippen molar-refractivity contribution >= 4 is 17.3 Å².